The zero-order valence-corrected chi connectivity index (χ0v) is 10.5. The Morgan fingerprint density at radius 2 is 1.79 bits per heavy atom. The highest BCUT2D eigenvalue weighted by Crippen LogP contribution is 2.19. The molecule has 3 rings (SSSR count). The molecule has 0 fully saturated rings. The summed E-state index contributed by atoms with van der Waals surface area (Å²) < 4.78 is 0. The summed E-state index contributed by atoms with van der Waals surface area (Å²) in [6.45, 7) is 0. The van der Waals surface area contributed by atoms with Gasteiger partial charge in [0, 0.05) is 23.4 Å². The maximum Gasteiger partial charge on any atom is 0.0923 e. The number of nitrogens with one attached hydrogen (secondary N) is 1. The van der Waals surface area contributed by atoms with Crippen LogP contribution >= 0.6 is 0 Å². The molecule has 0 aliphatic rings. The molecule has 3 aromatic rings. The first-order chi connectivity index (χ1) is 9.31. The first-order valence-corrected chi connectivity index (χ1v) is 6.25. The van der Waals surface area contributed by atoms with Gasteiger partial charge in [-0.15, -0.1) is 0 Å². The van der Waals surface area contributed by atoms with Crippen molar-refractivity contribution in [1.29, 1.82) is 0 Å². The van der Waals surface area contributed by atoms with Gasteiger partial charge in [-0.05, 0) is 23.8 Å². The average molecular weight is 249 g/mol. The SMILES string of the molecule is Nc1cccc(Cc2cc(-c3ccccc3)n[nH]2)c1. The molecule has 0 atom stereocenters. The molecule has 19 heavy (non-hydrogen) atoms. The lowest BCUT2D eigenvalue weighted by Crippen LogP contribution is -1.91. The van der Waals surface area contributed by atoms with Gasteiger partial charge < -0.3 is 5.73 Å². The van der Waals surface area contributed by atoms with Crippen LogP contribution in [0.3, 0.4) is 0 Å². The molecule has 0 amide bonds. The Morgan fingerprint density at radius 3 is 2.58 bits per heavy atom. The number of aromatic nitrogens is 2. The molecule has 0 spiro atoms. The second-order valence-corrected chi connectivity index (χ2v) is 4.57. The number of nitrogens with two attached hydrogens (primary N) is 1. The van der Waals surface area contributed by atoms with Gasteiger partial charge in [0.15, 0.2) is 0 Å². The second kappa shape index (κ2) is 4.98. The molecule has 0 unspecified atom stereocenters. The number of benzene rings is 2. The minimum absolute atomic E-state index is 0.792. The van der Waals surface area contributed by atoms with Crippen molar-refractivity contribution in [2.75, 3.05) is 5.73 Å². The van der Waals surface area contributed by atoms with Crippen molar-refractivity contribution in [3.63, 3.8) is 0 Å². The molecule has 3 nitrogen and oxygen atoms in total. The lowest BCUT2D eigenvalue weighted by atomic mass is 10.1. The minimum atomic E-state index is 0.792. The molecule has 3 heteroatoms. The predicted molar refractivity (Wildman–Crippen MR) is 77.7 cm³/mol. The van der Waals surface area contributed by atoms with Gasteiger partial charge in [-0.1, -0.05) is 42.5 Å². The van der Waals surface area contributed by atoms with Crippen LogP contribution in [0.15, 0.2) is 60.7 Å². The third-order valence-corrected chi connectivity index (χ3v) is 3.05. The molecule has 0 bridgehead atoms. The summed E-state index contributed by atoms with van der Waals surface area (Å²) in [5.41, 5.74) is 10.9. The molecule has 0 aliphatic heterocycles. The molecule has 0 radical (unpaired) electrons. The Labute approximate surface area is 112 Å². The van der Waals surface area contributed by atoms with E-state index in [1.165, 1.54) is 5.56 Å². The fourth-order valence-corrected chi connectivity index (χ4v) is 2.13. The highest BCUT2D eigenvalue weighted by Gasteiger charge is 2.04. The van der Waals surface area contributed by atoms with Gasteiger partial charge in [0.05, 0.1) is 5.69 Å². The molecule has 1 aromatic heterocycles. The maximum absolute atomic E-state index is 5.78. The Morgan fingerprint density at radius 1 is 0.947 bits per heavy atom. The smallest absolute Gasteiger partial charge is 0.0923 e. The second-order valence-electron chi connectivity index (χ2n) is 4.57. The highest BCUT2D eigenvalue weighted by molar-refractivity contribution is 5.59. The van der Waals surface area contributed by atoms with Gasteiger partial charge in [0.1, 0.15) is 0 Å². The van der Waals surface area contributed by atoms with E-state index < -0.39 is 0 Å². The van der Waals surface area contributed by atoms with Gasteiger partial charge in [0.2, 0.25) is 0 Å². The van der Waals surface area contributed by atoms with Crippen LogP contribution in [-0.4, -0.2) is 10.2 Å². The van der Waals surface area contributed by atoms with E-state index in [0.717, 1.165) is 29.1 Å². The third-order valence-electron chi connectivity index (χ3n) is 3.05. The number of aromatic amines is 1. The van der Waals surface area contributed by atoms with E-state index in [1.807, 2.05) is 36.4 Å². The summed E-state index contributed by atoms with van der Waals surface area (Å²) in [6.07, 6.45) is 0.810. The van der Waals surface area contributed by atoms with Crippen LogP contribution in [0, 0.1) is 0 Å². The Kier molecular flexibility index (Phi) is 3.02. The first-order valence-electron chi connectivity index (χ1n) is 6.25. The summed E-state index contributed by atoms with van der Waals surface area (Å²) in [4.78, 5) is 0. The summed E-state index contributed by atoms with van der Waals surface area (Å²) in [6, 6.07) is 20.2. The fourth-order valence-electron chi connectivity index (χ4n) is 2.13. The first kappa shape index (κ1) is 11.5. The van der Waals surface area contributed by atoms with Gasteiger partial charge in [0.25, 0.3) is 0 Å². The number of hydrogen-bond donors (Lipinski definition) is 2. The van der Waals surface area contributed by atoms with Crippen LogP contribution in [0.25, 0.3) is 11.3 Å². The van der Waals surface area contributed by atoms with Crippen LogP contribution in [-0.2, 0) is 6.42 Å². The number of nitrogen functional groups attached to an aromatic ring is 1. The Balaban J connectivity index is 1.82. The maximum atomic E-state index is 5.78. The van der Waals surface area contributed by atoms with E-state index >= 15 is 0 Å². The van der Waals surface area contributed by atoms with E-state index in [0.29, 0.717) is 0 Å². The summed E-state index contributed by atoms with van der Waals surface area (Å²) in [5.74, 6) is 0. The highest BCUT2D eigenvalue weighted by atomic mass is 15.1. The summed E-state index contributed by atoms with van der Waals surface area (Å²) >= 11 is 0. The third kappa shape index (κ3) is 2.65. The quantitative estimate of drug-likeness (QED) is 0.700. The van der Waals surface area contributed by atoms with Crippen molar-refractivity contribution in [1.82, 2.24) is 10.2 Å². The monoisotopic (exact) mass is 249 g/mol. The Hall–Kier alpha value is -2.55. The lowest BCUT2D eigenvalue weighted by molar-refractivity contribution is 0.999. The number of H-pyrrole nitrogens is 1. The zero-order chi connectivity index (χ0) is 13.1. The summed E-state index contributed by atoms with van der Waals surface area (Å²) in [7, 11) is 0. The normalized spacial score (nSPS) is 10.5. The van der Waals surface area contributed by atoms with Crippen molar-refractivity contribution >= 4 is 5.69 Å². The number of nitrogens with zero attached hydrogens (tertiary/aromatic N) is 1. The van der Waals surface area contributed by atoms with Crippen LogP contribution in [0.1, 0.15) is 11.3 Å². The fraction of sp³-hybridized carbons (Fsp3) is 0.0625. The van der Waals surface area contributed by atoms with Crippen molar-refractivity contribution < 1.29 is 0 Å². The van der Waals surface area contributed by atoms with E-state index in [1.54, 1.807) is 0 Å². The van der Waals surface area contributed by atoms with Crippen LogP contribution in [0.2, 0.25) is 0 Å². The van der Waals surface area contributed by atoms with E-state index in [-0.39, 0.29) is 0 Å². The van der Waals surface area contributed by atoms with Crippen molar-refractivity contribution in [3.8, 4) is 11.3 Å². The van der Waals surface area contributed by atoms with Crippen LogP contribution in [0.4, 0.5) is 5.69 Å². The molecule has 0 saturated carbocycles. The largest absolute Gasteiger partial charge is 0.399 e. The molecule has 1 heterocycles. The summed E-state index contributed by atoms with van der Waals surface area (Å²) in [5, 5.41) is 7.43. The molecular formula is C16H15N3. The van der Waals surface area contributed by atoms with Gasteiger partial charge in [-0.2, -0.15) is 5.10 Å². The van der Waals surface area contributed by atoms with Crippen LogP contribution in [0.5, 0.6) is 0 Å². The standard InChI is InChI=1S/C16H15N3/c17-14-8-4-5-12(9-14)10-15-11-16(19-18-15)13-6-2-1-3-7-13/h1-9,11H,10,17H2,(H,18,19). The van der Waals surface area contributed by atoms with Crippen molar-refractivity contribution in [2.45, 2.75) is 6.42 Å². The van der Waals surface area contributed by atoms with E-state index in [4.69, 9.17) is 5.73 Å². The molecular weight excluding hydrogens is 234 g/mol. The average Bonchev–Trinajstić information content (AvgIpc) is 2.88. The number of rotatable bonds is 3. The predicted octanol–water partition coefficient (Wildman–Crippen LogP) is 3.25. The molecule has 2 aromatic carbocycles. The van der Waals surface area contributed by atoms with Gasteiger partial charge >= 0.3 is 0 Å². The van der Waals surface area contributed by atoms with Crippen molar-refractivity contribution in [2.24, 2.45) is 0 Å². The molecule has 0 aliphatic carbocycles. The topological polar surface area (TPSA) is 54.7 Å². The number of hydrogen-bond acceptors (Lipinski definition) is 2. The van der Waals surface area contributed by atoms with Gasteiger partial charge in [-0.3, -0.25) is 5.10 Å². The zero-order valence-electron chi connectivity index (χ0n) is 10.5. The van der Waals surface area contributed by atoms with Gasteiger partial charge in [-0.25, -0.2) is 0 Å². The minimum Gasteiger partial charge on any atom is -0.399 e. The number of anilines is 1. The molecule has 94 valence electrons. The Bertz CT molecular complexity index is 671. The van der Waals surface area contributed by atoms with E-state index in [2.05, 4.69) is 34.5 Å². The van der Waals surface area contributed by atoms with Crippen LogP contribution < -0.4 is 5.73 Å². The van der Waals surface area contributed by atoms with E-state index in [9.17, 15) is 0 Å². The van der Waals surface area contributed by atoms with Crippen molar-refractivity contribution in [3.05, 3.63) is 71.9 Å². The molecule has 3 N–H and O–H groups in total. The lowest BCUT2D eigenvalue weighted by Gasteiger charge is -1.99. The molecule has 0 saturated heterocycles.